The second kappa shape index (κ2) is 8.34. The van der Waals surface area contributed by atoms with Crippen LogP contribution >= 0.6 is 0 Å². The Labute approximate surface area is 139 Å². The maximum atomic E-state index is 5.25. The first kappa shape index (κ1) is 17.8. The van der Waals surface area contributed by atoms with Gasteiger partial charge in [0.1, 0.15) is 5.76 Å². The standard InChI is InChI=1S/C17H30N4O2/c1-13-15(14(2)23-21-13)6-10-19-16(18-3)20-12-17(7-5-8-17)9-11-22-4/h5-12H2,1-4H3,(H2,18,19,20). The maximum Gasteiger partial charge on any atom is 0.191 e. The van der Waals surface area contributed by atoms with E-state index in [2.05, 4.69) is 20.8 Å². The second-order valence-corrected chi connectivity index (χ2v) is 6.50. The molecule has 0 spiro atoms. The molecule has 1 fully saturated rings. The summed E-state index contributed by atoms with van der Waals surface area (Å²) in [6.45, 7) is 6.54. The van der Waals surface area contributed by atoms with E-state index in [0.29, 0.717) is 5.41 Å². The minimum absolute atomic E-state index is 0.384. The average molecular weight is 322 g/mol. The van der Waals surface area contributed by atoms with Crippen LogP contribution in [0.5, 0.6) is 0 Å². The van der Waals surface area contributed by atoms with E-state index in [-0.39, 0.29) is 0 Å². The van der Waals surface area contributed by atoms with E-state index in [1.165, 1.54) is 24.8 Å². The first-order valence-electron chi connectivity index (χ1n) is 8.45. The van der Waals surface area contributed by atoms with Crippen molar-refractivity contribution in [3.8, 4) is 0 Å². The number of hydrogen-bond donors (Lipinski definition) is 2. The molecular formula is C17H30N4O2. The fourth-order valence-corrected chi connectivity index (χ4v) is 3.17. The van der Waals surface area contributed by atoms with Crippen molar-refractivity contribution in [2.75, 3.05) is 33.9 Å². The number of ether oxygens (including phenoxy) is 1. The van der Waals surface area contributed by atoms with Crippen molar-refractivity contribution in [1.29, 1.82) is 0 Å². The fraction of sp³-hybridized carbons (Fsp3) is 0.765. The van der Waals surface area contributed by atoms with Crippen molar-refractivity contribution < 1.29 is 9.26 Å². The number of rotatable bonds is 8. The van der Waals surface area contributed by atoms with Gasteiger partial charge in [-0.1, -0.05) is 11.6 Å². The number of hydrogen-bond acceptors (Lipinski definition) is 4. The Morgan fingerprint density at radius 3 is 2.65 bits per heavy atom. The Kier molecular flexibility index (Phi) is 6.45. The molecule has 0 aliphatic heterocycles. The van der Waals surface area contributed by atoms with Gasteiger partial charge in [0.05, 0.1) is 5.69 Å². The third-order valence-electron chi connectivity index (χ3n) is 4.95. The Bertz CT molecular complexity index is 501. The van der Waals surface area contributed by atoms with E-state index >= 15 is 0 Å². The normalized spacial score (nSPS) is 17.0. The first-order chi connectivity index (χ1) is 11.1. The van der Waals surface area contributed by atoms with E-state index in [1.807, 2.05) is 20.9 Å². The third kappa shape index (κ3) is 4.70. The van der Waals surface area contributed by atoms with Crippen molar-refractivity contribution in [1.82, 2.24) is 15.8 Å². The summed E-state index contributed by atoms with van der Waals surface area (Å²) in [5, 5.41) is 10.8. The second-order valence-electron chi connectivity index (χ2n) is 6.50. The molecule has 1 saturated carbocycles. The molecule has 6 heteroatoms. The highest BCUT2D eigenvalue weighted by molar-refractivity contribution is 5.79. The molecule has 0 unspecified atom stereocenters. The van der Waals surface area contributed by atoms with E-state index in [4.69, 9.17) is 9.26 Å². The minimum atomic E-state index is 0.384. The van der Waals surface area contributed by atoms with Crippen LogP contribution in [0.2, 0.25) is 0 Å². The Morgan fingerprint density at radius 1 is 1.35 bits per heavy atom. The highest BCUT2D eigenvalue weighted by atomic mass is 16.5. The molecule has 2 rings (SSSR count). The predicted molar refractivity (Wildman–Crippen MR) is 91.8 cm³/mol. The molecule has 23 heavy (non-hydrogen) atoms. The van der Waals surface area contributed by atoms with Crippen LogP contribution in [0.3, 0.4) is 0 Å². The number of aryl methyl sites for hydroxylation is 2. The SMILES string of the molecule is CN=C(NCCc1c(C)noc1C)NCC1(CCOC)CCC1. The molecule has 130 valence electrons. The van der Waals surface area contributed by atoms with Crippen LogP contribution in [-0.2, 0) is 11.2 Å². The van der Waals surface area contributed by atoms with E-state index < -0.39 is 0 Å². The minimum Gasteiger partial charge on any atom is -0.385 e. The lowest BCUT2D eigenvalue weighted by Crippen LogP contribution is -2.47. The molecule has 1 heterocycles. The number of nitrogens with one attached hydrogen (secondary N) is 2. The zero-order valence-electron chi connectivity index (χ0n) is 14.9. The van der Waals surface area contributed by atoms with E-state index in [1.54, 1.807) is 7.11 Å². The zero-order chi connectivity index (χ0) is 16.7. The topological polar surface area (TPSA) is 71.7 Å². The van der Waals surface area contributed by atoms with Crippen LogP contribution in [0, 0.1) is 19.3 Å². The molecule has 1 aromatic rings. The highest BCUT2D eigenvalue weighted by Gasteiger charge is 2.36. The number of methoxy groups -OCH3 is 1. The van der Waals surface area contributed by atoms with Crippen LogP contribution in [-0.4, -0.2) is 45.0 Å². The summed E-state index contributed by atoms with van der Waals surface area (Å²) in [5.74, 6) is 1.76. The Hall–Kier alpha value is -1.56. The maximum absolute atomic E-state index is 5.25. The van der Waals surface area contributed by atoms with Crippen molar-refractivity contribution in [2.45, 2.75) is 46.0 Å². The van der Waals surface area contributed by atoms with Crippen molar-refractivity contribution in [3.05, 3.63) is 17.0 Å². The molecule has 0 atom stereocenters. The first-order valence-corrected chi connectivity index (χ1v) is 8.45. The van der Waals surface area contributed by atoms with Gasteiger partial charge in [-0.15, -0.1) is 0 Å². The van der Waals surface area contributed by atoms with Gasteiger partial charge in [0.25, 0.3) is 0 Å². The van der Waals surface area contributed by atoms with Gasteiger partial charge in [0.15, 0.2) is 5.96 Å². The summed E-state index contributed by atoms with van der Waals surface area (Å²) in [6.07, 6.45) is 5.88. The highest BCUT2D eigenvalue weighted by Crippen LogP contribution is 2.43. The smallest absolute Gasteiger partial charge is 0.191 e. The number of aliphatic imine (C=N–C) groups is 1. The van der Waals surface area contributed by atoms with Crippen molar-refractivity contribution in [3.63, 3.8) is 0 Å². The molecule has 0 bridgehead atoms. The van der Waals surface area contributed by atoms with Gasteiger partial charge < -0.3 is 19.9 Å². The Morgan fingerprint density at radius 2 is 2.13 bits per heavy atom. The van der Waals surface area contributed by atoms with Gasteiger partial charge in [0, 0.05) is 39.4 Å². The molecule has 0 radical (unpaired) electrons. The monoisotopic (exact) mass is 322 g/mol. The molecule has 1 aromatic heterocycles. The van der Waals surface area contributed by atoms with Crippen LogP contribution < -0.4 is 10.6 Å². The van der Waals surface area contributed by atoms with E-state index in [9.17, 15) is 0 Å². The summed E-state index contributed by atoms with van der Waals surface area (Å²) in [6, 6.07) is 0. The fourth-order valence-electron chi connectivity index (χ4n) is 3.17. The molecule has 1 aliphatic rings. The van der Waals surface area contributed by atoms with Gasteiger partial charge in [-0.05, 0) is 44.9 Å². The van der Waals surface area contributed by atoms with Crippen LogP contribution in [0.4, 0.5) is 0 Å². The van der Waals surface area contributed by atoms with Crippen molar-refractivity contribution >= 4 is 5.96 Å². The largest absolute Gasteiger partial charge is 0.385 e. The summed E-state index contributed by atoms with van der Waals surface area (Å²) >= 11 is 0. The lowest BCUT2D eigenvalue weighted by Gasteiger charge is -2.42. The predicted octanol–water partition coefficient (Wildman–Crippen LogP) is 2.21. The average Bonchev–Trinajstić information content (AvgIpc) is 2.83. The van der Waals surface area contributed by atoms with Gasteiger partial charge >= 0.3 is 0 Å². The summed E-state index contributed by atoms with van der Waals surface area (Å²) in [7, 11) is 3.59. The molecule has 0 amide bonds. The van der Waals surface area contributed by atoms with Gasteiger partial charge in [-0.25, -0.2) is 0 Å². The van der Waals surface area contributed by atoms with Crippen molar-refractivity contribution in [2.24, 2.45) is 10.4 Å². The van der Waals surface area contributed by atoms with Crippen LogP contribution in [0.15, 0.2) is 9.52 Å². The van der Waals surface area contributed by atoms with Crippen LogP contribution in [0.25, 0.3) is 0 Å². The third-order valence-corrected chi connectivity index (χ3v) is 4.95. The van der Waals surface area contributed by atoms with E-state index in [0.717, 1.165) is 50.0 Å². The van der Waals surface area contributed by atoms with Gasteiger partial charge in [-0.2, -0.15) is 0 Å². The number of aromatic nitrogens is 1. The number of guanidine groups is 1. The Balaban J connectivity index is 1.75. The van der Waals surface area contributed by atoms with Gasteiger partial charge in [0.2, 0.25) is 0 Å². The van der Waals surface area contributed by atoms with Crippen LogP contribution in [0.1, 0.15) is 42.7 Å². The summed E-state index contributed by atoms with van der Waals surface area (Å²) < 4.78 is 10.4. The molecule has 0 aromatic carbocycles. The lowest BCUT2D eigenvalue weighted by molar-refractivity contribution is 0.0732. The summed E-state index contributed by atoms with van der Waals surface area (Å²) in [5.41, 5.74) is 2.54. The molecule has 2 N–H and O–H groups in total. The zero-order valence-corrected chi connectivity index (χ0v) is 14.9. The summed E-state index contributed by atoms with van der Waals surface area (Å²) in [4.78, 5) is 4.32. The lowest BCUT2D eigenvalue weighted by atomic mass is 9.67. The number of nitrogens with zero attached hydrogens (tertiary/aromatic N) is 2. The molecule has 0 saturated heterocycles. The van der Waals surface area contributed by atoms with Gasteiger partial charge in [-0.3, -0.25) is 4.99 Å². The molecular weight excluding hydrogens is 292 g/mol. The molecule has 1 aliphatic carbocycles. The molecule has 6 nitrogen and oxygen atoms in total. The quantitative estimate of drug-likeness (QED) is 0.567.